The highest BCUT2D eigenvalue weighted by Crippen LogP contribution is 2.08. The number of hydrogen-bond acceptors (Lipinski definition) is 6. The number of rotatable bonds is 5. The van der Waals surface area contributed by atoms with Crippen LogP contribution in [0.1, 0.15) is 11.3 Å². The van der Waals surface area contributed by atoms with Crippen molar-refractivity contribution in [3.05, 3.63) is 29.6 Å². The van der Waals surface area contributed by atoms with Crippen LogP contribution in [0.5, 0.6) is 0 Å². The van der Waals surface area contributed by atoms with Crippen molar-refractivity contribution in [3.63, 3.8) is 0 Å². The molecule has 1 heterocycles. The molecule has 0 unspecified atom stereocenters. The summed E-state index contributed by atoms with van der Waals surface area (Å²) >= 11 is 0. The third-order valence-electron chi connectivity index (χ3n) is 2.04. The Bertz CT molecular complexity index is 499. The summed E-state index contributed by atoms with van der Waals surface area (Å²) in [7, 11) is -2.36. The molecular formula is C10H14N2O4S. The Labute approximate surface area is 99.7 Å². The Kier molecular flexibility index (Phi) is 4.59. The van der Waals surface area contributed by atoms with Crippen molar-refractivity contribution in [1.29, 1.82) is 0 Å². The summed E-state index contributed by atoms with van der Waals surface area (Å²) in [5.41, 5.74) is 6.57. The smallest absolute Gasteiger partial charge is 0.320 e. The molecule has 0 spiro atoms. The maximum atomic E-state index is 11.6. The Morgan fingerprint density at radius 2 is 2.24 bits per heavy atom. The Morgan fingerprint density at radius 1 is 1.53 bits per heavy atom. The van der Waals surface area contributed by atoms with Crippen molar-refractivity contribution in [2.75, 3.05) is 12.9 Å². The highest BCUT2D eigenvalue weighted by atomic mass is 32.2. The second-order valence-corrected chi connectivity index (χ2v) is 5.53. The molecule has 0 aliphatic rings. The molecule has 0 amide bonds. The maximum absolute atomic E-state index is 11.6. The van der Waals surface area contributed by atoms with Crippen LogP contribution >= 0.6 is 0 Å². The molecule has 7 heteroatoms. The molecule has 0 atom stereocenters. The van der Waals surface area contributed by atoms with Gasteiger partial charge >= 0.3 is 5.97 Å². The van der Waals surface area contributed by atoms with Gasteiger partial charge in [0.15, 0.2) is 9.84 Å². The fourth-order valence-electron chi connectivity index (χ4n) is 1.27. The first-order valence-corrected chi connectivity index (χ1v) is 6.70. The van der Waals surface area contributed by atoms with E-state index in [9.17, 15) is 13.2 Å². The van der Waals surface area contributed by atoms with Gasteiger partial charge in [0.1, 0.15) is 5.75 Å². The molecular weight excluding hydrogens is 244 g/mol. The maximum Gasteiger partial charge on any atom is 0.320 e. The molecule has 1 rings (SSSR count). The van der Waals surface area contributed by atoms with Crippen molar-refractivity contribution in [1.82, 2.24) is 4.98 Å². The van der Waals surface area contributed by atoms with Crippen LogP contribution < -0.4 is 5.73 Å². The quantitative estimate of drug-likeness (QED) is 0.723. The van der Waals surface area contributed by atoms with Crippen LogP contribution in [0.3, 0.4) is 0 Å². The fourth-order valence-corrected chi connectivity index (χ4v) is 2.54. The highest BCUT2D eigenvalue weighted by molar-refractivity contribution is 7.91. The number of hydrogen-bond donors (Lipinski definition) is 1. The van der Waals surface area contributed by atoms with Crippen molar-refractivity contribution in [2.45, 2.75) is 12.3 Å². The number of ether oxygens (including phenoxy) is 1. The SMILES string of the molecule is COC(=O)CS(=O)(=O)Cc1ccnc(CN)c1. The summed E-state index contributed by atoms with van der Waals surface area (Å²) in [6, 6.07) is 3.18. The van der Waals surface area contributed by atoms with E-state index >= 15 is 0 Å². The van der Waals surface area contributed by atoms with Crippen molar-refractivity contribution in [2.24, 2.45) is 5.73 Å². The summed E-state index contributed by atoms with van der Waals surface area (Å²) < 4.78 is 27.6. The van der Waals surface area contributed by atoms with E-state index in [1.807, 2.05) is 0 Å². The molecule has 2 N–H and O–H groups in total. The Morgan fingerprint density at radius 3 is 2.82 bits per heavy atom. The molecule has 0 bridgehead atoms. The van der Waals surface area contributed by atoms with Gasteiger partial charge in [-0.05, 0) is 17.7 Å². The molecule has 0 saturated heterocycles. The number of sulfone groups is 1. The number of carbonyl (C=O) groups excluding carboxylic acids is 1. The zero-order valence-corrected chi connectivity index (χ0v) is 10.2. The zero-order chi connectivity index (χ0) is 12.9. The van der Waals surface area contributed by atoms with Crippen LogP contribution in [-0.4, -0.2) is 32.2 Å². The van der Waals surface area contributed by atoms with Crippen LogP contribution in [0.25, 0.3) is 0 Å². The van der Waals surface area contributed by atoms with Crippen LogP contribution in [0.15, 0.2) is 18.3 Å². The van der Waals surface area contributed by atoms with Crippen molar-refractivity contribution < 1.29 is 17.9 Å². The third-order valence-corrected chi connectivity index (χ3v) is 3.49. The zero-order valence-electron chi connectivity index (χ0n) is 9.42. The number of methoxy groups -OCH3 is 1. The minimum atomic E-state index is -3.51. The normalized spacial score (nSPS) is 11.2. The molecule has 94 valence electrons. The van der Waals surface area contributed by atoms with Crippen LogP contribution in [0.2, 0.25) is 0 Å². The van der Waals surface area contributed by atoms with Gasteiger partial charge in [-0.15, -0.1) is 0 Å². The van der Waals surface area contributed by atoms with Gasteiger partial charge in [0.2, 0.25) is 0 Å². The summed E-state index contributed by atoms with van der Waals surface area (Å²) in [6.07, 6.45) is 1.49. The van der Waals surface area contributed by atoms with Crippen LogP contribution in [0.4, 0.5) is 0 Å². The fraction of sp³-hybridized carbons (Fsp3) is 0.400. The average molecular weight is 258 g/mol. The van der Waals surface area contributed by atoms with E-state index in [-0.39, 0.29) is 12.3 Å². The number of aromatic nitrogens is 1. The average Bonchev–Trinajstić information content (AvgIpc) is 2.27. The lowest BCUT2D eigenvalue weighted by Gasteiger charge is -2.04. The molecule has 0 fully saturated rings. The van der Waals surface area contributed by atoms with Gasteiger partial charge in [0.25, 0.3) is 0 Å². The molecule has 17 heavy (non-hydrogen) atoms. The second-order valence-electron chi connectivity index (χ2n) is 3.47. The number of nitrogens with two attached hydrogens (primary N) is 1. The van der Waals surface area contributed by atoms with Gasteiger partial charge in [0.05, 0.1) is 18.6 Å². The van der Waals surface area contributed by atoms with Gasteiger partial charge < -0.3 is 10.5 Å². The van der Waals surface area contributed by atoms with Crippen LogP contribution in [0, 0.1) is 0 Å². The largest absolute Gasteiger partial charge is 0.468 e. The van der Waals surface area contributed by atoms with Gasteiger partial charge in [-0.2, -0.15) is 0 Å². The number of esters is 1. The molecule has 0 radical (unpaired) electrons. The monoisotopic (exact) mass is 258 g/mol. The summed E-state index contributed by atoms with van der Waals surface area (Å²) in [4.78, 5) is 14.9. The van der Waals surface area contributed by atoms with E-state index < -0.39 is 21.6 Å². The van der Waals surface area contributed by atoms with Gasteiger partial charge in [-0.25, -0.2) is 8.42 Å². The van der Waals surface area contributed by atoms with E-state index in [4.69, 9.17) is 5.73 Å². The molecule has 0 aliphatic carbocycles. The number of nitrogens with zero attached hydrogens (tertiary/aromatic N) is 1. The van der Waals surface area contributed by atoms with E-state index in [1.165, 1.54) is 6.20 Å². The first-order chi connectivity index (χ1) is 7.96. The summed E-state index contributed by atoms with van der Waals surface area (Å²) in [5.74, 6) is -1.61. The van der Waals surface area contributed by atoms with Crippen molar-refractivity contribution in [3.8, 4) is 0 Å². The van der Waals surface area contributed by atoms with Crippen molar-refractivity contribution >= 4 is 15.8 Å². The lowest BCUT2D eigenvalue weighted by atomic mass is 10.2. The molecule has 0 aliphatic heterocycles. The Hall–Kier alpha value is -1.47. The van der Waals surface area contributed by atoms with E-state index in [2.05, 4.69) is 9.72 Å². The first-order valence-electron chi connectivity index (χ1n) is 4.88. The van der Waals surface area contributed by atoms with Crippen LogP contribution in [-0.2, 0) is 31.7 Å². The standard InChI is InChI=1S/C10H14N2O4S/c1-16-10(13)7-17(14,15)6-8-2-3-12-9(4-8)5-11/h2-4H,5-7,11H2,1H3. The summed E-state index contributed by atoms with van der Waals surface area (Å²) in [6.45, 7) is 0.241. The molecule has 6 nitrogen and oxygen atoms in total. The highest BCUT2D eigenvalue weighted by Gasteiger charge is 2.17. The van der Waals surface area contributed by atoms with E-state index in [1.54, 1.807) is 12.1 Å². The summed E-state index contributed by atoms with van der Waals surface area (Å²) in [5, 5.41) is 0. The third kappa shape index (κ3) is 4.49. The Balaban J connectivity index is 2.79. The number of carbonyl (C=O) groups is 1. The minimum absolute atomic E-state index is 0.225. The van der Waals surface area contributed by atoms with E-state index in [0.29, 0.717) is 11.3 Å². The predicted molar refractivity (Wildman–Crippen MR) is 61.6 cm³/mol. The lowest BCUT2D eigenvalue weighted by Crippen LogP contribution is -2.19. The molecule has 0 aromatic carbocycles. The minimum Gasteiger partial charge on any atom is -0.468 e. The lowest BCUT2D eigenvalue weighted by molar-refractivity contribution is -0.137. The molecule has 1 aromatic heterocycles. The molecule has 1 aromatic rings. The first kappa shape index (κ1) is 13.6. The second kappa shape index (κ2) is 5.74. The number of pyridine rings is 1. The predicted octanol–water partition coefficient (Wildman–Crippen LogP) is -0.372. The van der Waals surface area contributed by atoms with Gasteiger partial charge in [-0.1, -0.05) is 0 Å². The topological polar surface area (TPSA) is 99.4 Å². The van der Waals surface area contributed by atoms with Gasteiger partial charge in [-0.3, -0.25) is 9.78 Å². The molecule has 0 saturated carbocycles. The van der Waals surface area contributed by atoms with Gasteiger partial charge in [0, 0.05) is 12.7 Å². The van der Waals surface area contributed by atoms with E-state index in [0.717, 1.165) is 7.11 Å².